The molecule has 0 amide bonds. The minimum atomic E-state index is 0.309. The van der Waals surface area contributed by atoms with Crippen molar-refractivity contribution in [3.05, 3.63) is 12.2 Å². The Labute approximate surface area is 87.3 Å². The lowest BCUT2D eigenvalue weighted by atomic mass is 10.0. The second kappa shape index (κ2) is 7.02. The fourth-order valence-corrected chi connectivity index (χ4v) is 1.84. The van der Waals surface area contributed by atoms with Gasteiger partial charge in [-0.15, -0.1) is 0 Å². The summed E-state index contributed by atoms with van der Waals surface area (Å²) in [5.74, 6) is 0. The van der Waals surface area contributed by atoms with E-state index in [1.807, 2.05) is 13.8 Å². The molecule has 0 bridgehead atoms. The Morgan fingerprint density at radius 1 is 0.929 bits per heavy atom. The first kappa shape index (κ1) is 11.7. The van der Waals surface area contributed by atoms with Crippen molar-refractivity contribution in [1.29, 1.82) is 0 Å². The van der Waals surface area contributed by atoms with Crippen LogP contribution in [0, 0.1) is 0 Å². The average Bonchev–Trinajstić information content (AvgIpc) is 2.15. The number of hydrogen-bond acceptors (Lipinski definition) is 2. The van der Waals surface area contributed by atoms with E-state index in [9.17, 15) is 0 Å². The van der Waals surface area contributed by atoms with Crippen LogP contribution >= 0.6 is 0 Å². The van der Waals surface area contributed by atoms with Crippen molar-refractivity contribution in [2.45, 2.75) is 51.7 Å². The molecular weight excluding hydrogens is 176 g/mol. The largest absolute Gasteiger partial charge is 0.374 e. The van der Waals surface area contributed by atoms with Crippen LogP contribution in [0.5, 0.6) is 0 Å². The van der Waals surface area contributed by atoms with Gasteiger partial charge in [0.1, 0.15) is 0 Å². The second-order valence-electron chi connectivity index (χ2n) is 3.66. The molecule has 0 saturated heterocycles. The molecule has 2 heteroatoms. The molecule has 0 fully saturated rings. The molecule has 2 atom stereocenters. The summed E-state index contributed by atoms with van der Waals surface area (Å²) in [6.07, 6.45) is 9.77. The van der Waals surface area contributed by atoms with Crippen LogP contribution in [-0.2, 0) is 9.47 Å². The SMILES string of the molecule is CCO[C@@H]1/C=C\[C@H](OCC)CCCC1. The predicted molar refractivity (Wildman–Crippen MR) is 58.4 cm³/mol. The van der Waals surface area contributed by atoms with Gasteiger partial charge in [-0.05, 0) is 26.7 Å². The van der Waals surface area contributed by atoms with Crippen molar-refractivity contribution in [3.63, 3.8) is 0 Å². The fourth-order valence-electron chi connectivity index (χ4n) is 1.84. The monoisotopic (exact) mass is 198 g/mol. The van der Waals surface area contributed by atoms with E-state index in [4.69, 9.17) is 9.47 Å². The van der Waals surface area contributed by atoms with Crippen LogP contribution in [0.4, 0.5) is 0 Å². The summed E-state index contributed by atoms with van der Waals surface area (Å²) in [6, 6.07) is 0. The van der Waals surface area contributed by atoms with Gasteiger partial charge < -0.3 is 9.47 Å². The Kier molecular flexibility index (Phi) is 5.88. The first-order valence-corrected chi connectivity index (χ1v) is 5.78. The highest BCUT2D eigenvalue weighted by Gasteiger charge is 2.11. The Morgan fingerprint density at radius 3 is 1.71 bits per heavy atom. The summed E-state index contributed by atoms with van der Waals surface area (Å²) in [6.45, 7) is 5.70. The molecule has 1 rings (SSSR count). The molecule has 0 saturated carbocycles. The Balaban J connectivity index is 2.42. The number of ether oxygens (including phenoxy) is 2. The van der Waals surface area contributed by atoms with Gasteiger partial charge in [-0.1, -0.05) is 25.0 Å². The smallest absolute Gasteiger partial charge is 0.0756 e. The lowest BCUT2D eigenvalue weighted by Gasteiger charge is -2.19. The molecule has 0 aromatic carbocycles. The summed E-state index contributed by atoms with van der Waals surface area (Å²) in [5, 5.41) is 0. The molecular formula is C12H22O2. The highest BCUT2D eigenvalue weighted by atomic mass is 16.5. The van der Waals surface area contributed by atoms with Crippen molar-refractivity contribution >= 4 is 0 Å². The summed E-state index contributed by atoms with van der Waals surface area (Å²) < 4.78 is 11.2. The van der Waals surface area contributed by atoms with Crippen molar-refractivity contribution in [3.8, 4) is 0 Å². The summed E-state index contributed by atoms with van der Waals surface area (Å²) in [5.41, 5.74) is 0. The zero-order valence-corrected chi connectivity index (χ0v) is 9.37. The van der Waals surface area contributed by atoms with Crippen LogP contribution < -0.4 is 0 Å². The van der Waals surface area contributed by atoms with Crippen LogP contribution in [0.2, 0.25) is 0 Å². The van der Waals surface area contributed by atoms with Crippen LogP contribution in [-0.4, -0.2) is 25.4 Å². The van der Waals surface area contributed by atoms with Gasteiger partial charge in [-0.25, -0.2) is 0 Å². The molecule has 1 aliphatic rings. The van der Waals surface area contributed by atoms with E-state index in [1.54, 1.807) is 0 Å². The molecule has 1 aliphatic carbocycles. The fraction of sp³-hybridized carbons (Fsp3) is 0.833. The van der Waals surface area contributed by atoms with Crippen molar-refractivity contribution in [2.75, 3.05) is 13.2 Å². The maximum absolute atomic E-state index is 5.60. The first-order valence-electron chi connectivity index (χ1n) is 5.78. The summed E-state index contributed by atoms with van der Waals surface area (Å²) in [4.78, 5) is 0. The van der Waals surface area contributed by atoms with Gasteiger partial charge in [0.2, 0.25) is 0 Å². The van der Waals surface area contributed by atoms with Gasteiger partial charge in [0.15, 0.2) is 0 Å². The Bertz CT molecular complexity index is 148. The van der Waals surface area contributed by atoms with Gasteiger partial charge in [0, 0.05) is 13.2 Å². The molecule has 2 nitrogen and oxygen atoms in total. The highest BCUT2D eigenvalue weighted by molar-refractivity contribution is 4.96. The zero-order valence-electron chi connectivity index (χ0n) is 9.37. The maximum Gasteiger partial charge on any atom is 0.0756 e. The molecule has 0 heterocycles. The lowest BCUT2D eigenvalue weighted by molar-refractivity contribution is 0.0669. The van der Waals surface area contributed by atoms with Crippen molar-refractivity contribution in [1.82, 2.24) is 0 Å². The molecule has 0 unspecified atom stereocenters. The zero-order chi connectivity index (χ0) is 10.2. The second-order valence-corrected chi connectivity index (χ2v) is 3.66. The van der Waals surface area contributed by atoms with Crippen LogP contribution in [0.15, 0.2) is 12.2 Å². The highest BCUT2D eigenvalue weighted by Crippen LogP contribution is 2.16. The summed E-state index contributed by atoms with van der Waals surface area (Å²) >= 11 is 0. The standard InChI is InChI=1S/C12H22O2/c1-3-13-11-7-5-6-8-12(10-9-11)14-4-2/h9-12H,3-8H2,1-2H3/b10-9-/t11-,12+. The first-order chi connectivity index (χ1) is 6.86. The van der Waals surface area contributed by atoms with Gasteiger partial charge in [-0.3, -0.25) is 0 Å². The van der Waals surface area contributed by atoms with Gasteiger partial charge in [-0.2, -0.15) is 0 Å². The minimum Gasteiger partial charge on any atom is -0.374 e. The molecule has 14 heavy (non-hydrogen) atoms. The molecule has 0 aliphatic heterocycles. The van der Waals surface area contributed by atoms with E-state index in [-0.39, 0.29) is 0 Å². The van der Waals surface area contributed by atoms with Crippen LogP contribution in [0.1, 0.15) is 39.5 Å². The van der Waals surface area contributed by atoms with E-state index in [0.29, 0.717) is 12.2 Å². The van der Waals surface area contributed by atoms with E-state index >= 15 is 0 Å². The molecule has 0 radical (unpaired) electrons. The predicted octanol–water partition coefficient (Wildman–Crippen LogP) is 2.93. The van der Waals surface area contributed by atoms with Crippen LogP contribution in [0.25, 0.3) is 0 Å². The number of rotatable bonds is 4. The normalized spacial score (nSPS) is 30.7. The minimum absolute atomic E-state index is 0.309. The van der Waals surface area contributed by atoms with Crippen LogP contribution in [0.3, 0.4) is 0 Å². The molecule has 0 aromatic rings. The quantitative estimate of drug-likeness (QED) is 0.647. The maximum atomic E-state index is 5.60. The molecule has 0 aromatic heterocycles. The molecule has 0 N–H and O–H groups in total. The third kappa shape index (κ3) is 4.25. The van der Waals surface area contributed by atoms with E-state index in [1.165, 1.54) is 12.8 Å². The molecule has 0 spiro atoms. The average molecular weight is 198 g/mol. The third-order valence-corrected chi connectivity index (χ3v) is 2.53. The van der Waals surface area contributed by atoms with E-state index < -0.39 is 0 Å². The summed E-state index contributed by atoms with van der Waals surface area (Å²) in [7, 11) is 0. The van der Waals surface area contributed by atoms with Gasteiger partial charge in [0.25, 0.3) is 0 Å². The number of hydrogen-bond donors (Lipinski definition) is 0. The Hall–Kier alpha value is -0.340. The van der Waals surface area contributed by atoms with E-state index in [2.05, 4.69) is 12.2 Å². The topological polar surface area (TPSA) is 18.5 Å². The van der Waals surface area contributed by atoms with Crippen molar-refractivity contribution < 1.29 is 9.47 Å². The van der Waals surface area contributed by atoms with Crippen molar-refractivity contribution in [2.24, 2.45) is 0 Å². The van der Waals surface area contributed by atoms with E-state index in [0.717, 1.165) is 26.1 Å². The lowest BCUT2D eigenvalue weighted by Crippen LogP contribution is -2.16. The van der Waals surface area contributed by atoms with Gasteiger partial charge >= 0.3 is 0 Å². The molecule has 82 valence electrons. The third-order valence-electron chi connectivity index (χ3n) is 2.53. The van der Waals surface area contributed by atoms with Gasteiger partial charge in [0.05, 0.1) is 12.2 Å². The Morgan fingerprint density at radius 2 is 1.36 bits per heavy atom.